The van der Waals surface area contributed by atoms with Gasteiger partial charge in [0.2, 0.25) is 0 Å². The van der Waals surface area contributed by atoms with Gasteiger partial charge in [0, 0.05) is 12.5 Å². The SMILES string of the molecule is CCNc1nc(C2CCCCCC2)nc(C)c1Br. The van der Waals surface area contributed by atoms with Crippen molar-refractivity contribution in [2.75, 3.05) is 11.9 Å². The molecule has 0 unspecified atom stereocenters. The molecule has 0 aromatic carbocycles. The maximum atomic E-state index is 4.72. The first-order valence-electron chi connectivity index (χ1n) is 7.00. The monoisotopic (exact) mass is 311 g/mol. The first-order chi connectivity index (χ1) is 8.72. The highest BCUT2D eigenvalue weighted by atomic mass is 79.9. The molecule has 100 valence electrons. The highest BCUT2D eigenvalue weighted by molar-refractivity contribution is 9.10. The first kappa shape index (κ1) is 13.8. The van der Waals surface area contributed by atoms with Crippen LogP contribution in [0.3, 0.4) is 0 Å². The van der Waals surface area contributed by atoms with Gasteiger partial charge in [0.05, 0.1) is 10.2 Å². The number of hydrogen-bond acceptors (Lipinski definition) is 3. The summed E-state index contributed by atoms with van der Waals surface area (Å²) in [5, 5.41) is 3.31. The maximum Gasteiger partial charge on any atom is 0.144 e. The van der Waals surface area contributed by atoms with E-state index >= 15 is 0 Å². The lowest BCUT2D eigenvalue weighted by Gasteiger charge is -2.16. The fraction of sp³-hybridized carbons (Fsp3) is 0.714. The van der Waals surface area contributed by atoms with Gasteiger partial charge in [-0.25, -0.2) is 9.97 Å². The lowest BCUT2D eigenvalue weighted by Crippen LogP contribution is -2.10. The third-order valence-electron chi connectivity index (χ3n) is 3.60. The second-order valence-electron chi connectivity index (χ2n) is 5.05. The molecule has 2 rings (SSSR count). The maximum absolute atomic E-state index is 4.72. The molecule has 0 saturated heterocycles. The van der Waals surface area contributed by atoms with Crippen molar-refractivity contribution >= 4 is 21.7 Å². The van der Waals surface area contributed by atoms with Crippen LogP contribution in [0.15, 0.2) is 4.47 Å². The summed E-state index contributed by atoms with van der Waals surface area (Å²) in [6.07, 6.45) is 7.86. The predicted octanol–water partition coefficient (Wildman–Crippen LogP) is 4.42. The van der Waals surface area contributed by atoms with Crippen molar-refractivity contribution in [2.45, 2.75) is 58.3 Å². The normalized spacial score (nSPS) is 17.5. The Morgan fingerprint density at radius 1 is 1.17 bits per heavy atom. The predicted molar refractivity (Wildman–Crippen MR) is 79.1 cm³/mol. The van der Waals surface area contributed by atoms with E-state index in [2.05, 4.69) is 33.2 Å². The Morgan fingerprint density at radius 3 is 2.44 bits per heavy atom. The standard InChI is InChI=1S/C14H22BrN3/c1-3-16-14-12(15)10(2)17-13(18-14)11-8-6-4-5-7-9-11/h11H,3-9H2,1-2H3,(H,16,17,18). The van der Waals surface area contributed by atoms with Gasteiger partial charge in [-0.05, 0) is 42.6 Å². The van der Waals surface area contributed by atoms with Crippen LogP contribution in [0.1, 0.15) is 62.9 Å². The van der Waals surface area contributed by atoms with Gasteiger partial charge in [0.25, 0.3) is 0 Å². The average molecular weight is 312 g/mol. The second kappa shape index (κ2) is 6.50. The van der Waals surface area contributed by atoms with Crippen molar-refractivity contribution in [1.82, 2.24) is 9.97 Å². The second-order valence-corrected chi connectivity index (χ2v) is 5.84. The number of hydrogen-bond donors (Lipinski definition) is 1. The molecule has 0 aliphatic heterocycles. The van der Waals surface area contributed by atoms with Crippen LogP contribution in [0.4, 0.5) is 5.82 Å². The first-order valence-corrected chi connectivity index (χ1v) is 7.79. The van der Waals surface area contributed by atoms with Crippen molar-refractivity contribution < 1.29 is 0 Å². The molecule has 4 heteroatoms. The lowest BCUT2D eigenvalue weighted by molar-refractivity contribution is 0.559. The molecule has 1 aliphatic carbocycles. The third-order valence-corrected chi connectivity index (χ3v) is 4.55. The summed E-state index contributed by atoms with van der Waals surface area (Å²) in [6.45, 7) is 5.03. The molecular formula is C14H22BrN3. The molecule has 0 amide bonds. The van der Waals surface area contributed by atoms with E-state index in [-0.39, 0.29) is 0 Å². The Kier molecular flexibility index (Phi) is 4.98. The summed E-state index contributed by atoms with van der Waals surface area (Å²) in [7, 11) is 0. The van der Waals surface area contributed by atoms with Crippen LogP contribution < -0.4 is 5.32 Å². The quantitative estimate of drug-likeness (QED) is 0.840. The summed E-state index contributed by atoms with van der Waals surface area (Å²) in [6, 6.07) is 0. The van der Waals surface area contributed by atoms with E-state index in [9.17, 15) is 0 Å². The van der Waals surface area contributed by atoms with Gasteiger partial charge >= 0.3 is 0 Å². The molecule has 1 aromatic heterocycles. The molecule has 1 saturated carbocycles. The third kappa shape index (κ3) is 3.22. The topological polar surface area (TPSA) is 37.8 Å². The van der Waals surface area contributed by atoms with Crippen LogP contribution in [-0.2, 0) is 0 Å². The van der Waals surface area contributed by atoms with Crippen LogP contribution in [0.2, 0.25) is 0 Å². The molecule has 3 nitrogen and oxygen atoms in total. The van der Waals surface area contributed by atoms with Crippen LogP contribution >= 0.6 is 15.9 Å². The van der Waals surface area contributed by atoms with Gasteiger partial charge in [0.15, 0.2) is 0 Å². The van der Waals surface area contributed by atoms with E-state index in [0.717, 1.165) is 28.4 Å². The molecule has 18 heavy (non-hydrogen) atoms. The number of halogens is 1. The molecule has 0 spiro atoms. The molecule has 1 fully saturated rings. The Morgan fingerprint density at radius 2 is 1.83 bits per heavy atom. The zero-order chi connectivity index (χ0) is 13.0. The Balaban J connectivity index is 2.26. The van der Waals surface area contributed by atoms with Crippen molar-refractivity contribution in [3.63, 3.8) is 0 Å². The average Bonchev–Trinajstić information content (AvgIpc) is 2.63. The van der Waals surface area contributed by atoms with E-state index in [1.165, 1.54) is 38.5 Å². The fourth-order valence-corrected chi connectivity index (χ4v) is 2.90. The summed E-state index contributed by atoms with van der Waals surface area (Å²) < 4.78 is 1.00. The summed E-state index contributed by atoms with van der Waals surface area (Å²) in [5.74, 6) is 2.54. The van der Waals surface area contributed by atoms with E-state index < -0.39 is 0 Å². The minimum atomic E-state index is 0.553. The van der Waals surface area contributed by atoms with E-state index in [0.29, 0.717) is 5.92 Å². The minimum absolute atomic E-state index is 0.553. The van der Waals surface area contributed by atoms with Crippen LogP contribution in [-0.4, -0.2) is 16.5 Å². The van der Waals surface area contributed by atoms with Crippen molar-refractivity contribution in [3.05, 3.63) is 16.0 Å². The van der Waals surface area contributed by atoms with Gasteiger partial charge in [-0.2, -0.15) is 0 Å². The van der Waals surface area contributed by atoms with Crippen LogP contribution in [0.5, 0.6) is 0 Å². The zero-order valence-corrected chi connectivity index (χ0v) is 12.9. The molecule has 0 atom stereocenters. The largest absolute Gasteiger partial charge is 0.369 e. The van der Waals surface area contributed by atoms with Crippen LogP contribution in [0, 0.1) is 6.92 Å². The number of aromatic nitrogens is 2. The van der Waals surface area contributed by atoms with Gasteiger partial charge < -0.3 is 5.32 Å². The summed E-state index contributed by atoms with van der Waals surface area (Å²) in [4.78, 5) is 9.40. The molecule has 1 heterocycles. The Hall–Kier alpha value is -0.640. The zero-order valence-electron chi connectivity index (χ0n) is 11.3. The van der Waals surface area contributed by atoms with Crippen molar-refractivity contribution in [1.29, 1.82) is 0 Å². The van der Waals surface area contributed by atoms with Crippen molar-refractivity contribution in [2.24, 2.45) is 0 Å². The number of nitrogens with one attached hydrogen (secondary N) is 1. The minimum Gasteiger partial charge on any atom is -0.369 e. The van der Waals surface area contributed by atoms with Gasteiger partial charge in [-0.1, -0.05) is 25.7 Å². The van der Waals surface area contributed by atoms with Gasteiger partial charge in [-0.3, -0.25) is 0 Å². The number of nitrogens with zero attached hydrogens (tertiary/aromatic N) is 2. The van der Waals surface area contributed by atoms with E-state index in [1.54, 1.807) is 0 Å². The van der Waals surface area contributed by atoms with Crippen LogP contribution in [0.25, 0.3) is 0 Å². The highest BCUT2D eigenvalue weighted by Crippen LogP contribution is 2.32. The summed E-state index contributed by atoms with van der Waals surface area (Å²) in [5.41, 5.74) is 1.04. The molecular weight excluding hydrogens is 290 g/mol. The Labute approximate surface area is 118 Å². The highest BCUT2D eigenvalue weighted by Gasteiger charge is 2.19. The molecule has 0 radical (unpaired) electrons. The molecule has 1 aliphatic rings. The van der Waals surface area contributed by atoms with E-state index in [1.807, 2.05) is 6.92 Å². The molecule has 1 N–H and O–H groups in total. The molecule has 0 bridgehead atoms. The smallest absolute Gasteiger partial charge is 0.144 e. The molecule has 1 aromatic rings. The summed E-state index contributed by atoms with van der Waals surface area (Å²) >= 11 is 3.57. The number of rotatable bonds is 3. The number of aryl methyl sites for hydroxylation is 1. The van der Waals surface area contributed by atoms with Gasteiger partial charge in [0.1, 0.15) is 11.6 Å². The van der Waals surface area contributed by atoms with Gasteiger partial charge in [-0.15, -0.1) is 0 Å². The number of anilines is 1. The lowest BCUT2D eigenvalue weighted by atomic mass is 9.99. The van der Waals surface area contributed by atoms with Crippen molar-refractivity contribution in [3.8, 4) is 0 Å². The fourth-order valence-electron chi connectivity index (χ4n) is 2.59. The van der Waals surface area contributed by atoms with E-state index in [4.69, 9.17) is 4.98 Å². The Bertz CT molecular complexity index is 398.